The van der Waals surface area contributed by atoms with Gasteiger partial charge in [-0.3, -0.25) is 15.6 Å². The minimum atomic E-state index is -0.477. The number of rotatable bonds is 6. The summed E-state index contributed by atoms with van der Waals surface area (Å²) in [6.07, 6.45) is 2.83. The molecule has 0 spiro atoms. The van der Waals surface area contributed by atoms with Crippen molar-refractivity contribution in [3.8, 4) is 17.2 Å². The number of benzene rings is 2. The van der Waals surface area contributed by atoms with E-state index in [-0.39, 0.29) is 10.8 Å². The summed E-state index contributed by atoms with van der Waals surface area (Å²) in [4.78, 5) is 12.0. The summed E-state index contributed by atoms with van der Waals surface area (Å²) in [5, 5.41) is 2.68. The van der Waals surface area contributed by atoms with Crippen molar-refractivity contribution in [1.29, 1.82) is 0 Å². The lowest BCUT2D eigenvalue weighted by Crippen LogP contribution is -2.43. The lowest BCUT2D eigenvalue weighted by Gasteiger charge is -2.12. The first-order valence-corrected chi connectivity index (χ1v) is 8.49. The van der Waals surface area contributed by atoms with E-state index in [9.17, 15) is 9.18 Å². The number of hydrogen-bond acceptors (Lipinski definition) is 5. The molecule has 0 saturated carbocycles. The Balaban J connectivity index is 1.98. The Labute approximate surface area is 167 Å². The van der Waals surface area contributed by atoms with Gasteiger partial charge in [-0.15, -0.1) is 0 Å². The molecule has 28 heavy (non-hydrogen) atoms. The molecule has 2 aromatic rings. The highest BCUT2D eigenvalue weighted by atomic mass is 32.1. The summed E-state index contributed by atoms with van der Waals surface area (Å²) in [6.45, 7) is 0. The van der Waals surface area contributed by atoms with Gasteiger partial charge in [0, 0.05) is 17.7 Å². The summed E-state index contributed by atoms with van der Waals surface area (Å²) in [5.41, 5.74) is 5.68. The quantitative estimate of drug-likeness (QED) is 0.387. The number of ether oxygens (including phenoxy) is 3. The Morgan fingerprint density at radius 2 is 1.64 bits per heavy atom. The fourth-order valence-electron chi connectivity index (χ4n) is 2.22. The monoisotopic (exact) mass is 405 g/mol. The minimum absolute atomic E-state index is 0.0375. The molecule has 3 N–H and O–H groups in total. The van der Waals surface area contributed by atoms with Crippen LogP contribution in [0, 0.1) is 5.82 Å². The van der Waals surface area contributed by atoms with Crippen LogP contribution >= 0.6 is 12.2 Å². The van der Waals surface area contributed by atoms with Crippen molar-refractivity contribution in [2.45, 2.75) is 0 Å². The van der Waals surface area contributed by atoms with Crippen molar-refractivity contribution in [2.24, 2.45) is 0 Å². The molecule has 0 aliphatic carbocycles. The van der Waals surface area contributed by atoms with Gasteiger partial charge in [-0.1, -0.05) is 12.1 Å². The summed E-state index contributed by atoms with van der Waals surface area (Å²) in [5.74, 6) is 0.572. The molecule has 2 aromatic carbocycles. The molecule has 0 heterocycles. The standard InChI is InChI=1S/C19H20FN3O4S/c1-25-15-11-17(27-3)16(26-2)10-12(15)8-9-18(24)22-23-19(28)21-14-7-5-4-6-13(14)20/h4-11H,1-3H3,(H,22,24)(H2,21,23,28)/b9-8+. The minimum Gasteiger partial charge on any atom is -0.496 e. The Bertz CT molecular complexity index is 889. The number of para-hydroxylation sites is 1. The lowest BCUT2D eigenvalue weighted by atomic mass is 10.1. The summed E-state index contributed by atoms with van der Waals surface area (Å²) < 4.78 is 29.3. The van der Waals surface area contributed by atoms with Crippen LogP contribution in [0.1, 0.15) is 5.56 Å². The van der Waals surface area contributed by atoms with Gasteiger partial charge in [0.15, 0.2) is 16.6 Å². The highest BCUT2D eigenvalue weighted by Gasteiger charge is 2.10. The molecule has 2 rings (SSSR count). The van der Waals surface area contributed by atoms with E-state index in [2.05, 4.69) is 16.2 Å². The predicted octanol–water partition coefficient (Wildman–Crippen LogP) is 2.88. The van der Waals surface area contributed by atoms with Gasteiger partial charge in [0.2, 0.25) is 0 Å². The van der Waals surface area contributed by atoms with E-state index >= 15 is 0 Å². The number of thiocarbonyl (C=S) groups is 1. The van der Waals surface area contributed by atoms with Crippen LogP contribution in [0.4, 0.5) is 10.1 Å². The number of anilines is 1. The van der Waals surface area contributed by atoms with Gasteiger partial charge < -0.3 is 19.5 Å². The first kappa shape index (κ1) is 21.0. The van der Waals surface area contributed by atoms with Gasteiger partial charge in [-0.25, -0.2) is 4.39 Å². The first-order chi connectivity index (χ1) is 13.5. The normalized spacial score (nSPS) is 10.3. The van der Waals surface area contributed by atoms with Crippen LogP contribution in [0.25, 0.3) is 6.08 Å². The van der Waals surface area contributed by atoms with Gasteiger partial charge in [0.05, 0.1) is 27.0 Å². The van der Waals surface area contributed by atoms with Crippen molar-refractivity contribution in [3.05, 3.63) is 53.9 Å². The maximum absolute atomic E-state index is 13.6. The molecule has 0 atom stereocenters. The second kappa shape index (κ2) is 10.1. The maximum Gasteiger partial charge on any atom is 0.262 e. The second-order valence-electron chi connectivity index (χ2n) is 5.33. The third kappa shape index (κ3) is 5.58. The Morgan fingerprint density at radius 3 is 2.29 bits per heavy atom. The van der Waals surface area contributed by atoms with E-state index in [1.807, 2.05) is 0 Å². The fraction of sp³-hybridized carbons (Fsp3) is 0.158. The molecule has 0 saturated heterocycles. The van der Waals surface area contributed by atoms with Crippen LogP contribution in [0.3, 0.4) is 0 Å². The molecule has 1 amide bonds. The summed E-state index contributed by atoms with van der Waals surface area (Å²) in [6, 6.07) is 9.37. The number of hydrogen-bond donors (Lipinski definition) is 3. The molecule has 0 aliphatic rings. The number of methoxy groups -OCH3 is 3. The van der Waals surface area contributed by atoms with Crippen LogP contribution in [0.2, 0.25) is 0 Å². The molecular formula is C19H20FN3O4S. The number of nitrogens with one attached hydrogen (secondary N) is 3. The van der Waals surface area contributed by atoms with Gasteiger partial charge in [-0.05, 0) is 36.5 Å². The van der Waals surface area contributed by atoms with Crippen molar-refractivity contribution in [1.82, 2.24) is 10.9 Å². The third-order valence-corrected chi connectivity index (χ3v) is 3.78. The van der Waals surface area contributed by atoms with Gasteiger partial charge in [0.25, 0.3) is 5.91 Å². The van der Waals surface area contributed by atoms with Crippen LogP contribution in [-0.4, -0.2) is 32.3 Å². The lowest BCUT2D eigenvalue weighted by molar-refractivity contribution is -0.116. The van der Waals surface area contributed by atoms with Gasteiger partial charge in [-0.2, -0.15) is 0 Å². The van der Waals surface area contributed by atoms with Crippen LogP contribution < -0.4 is 30.4 Å². The van der Waals surface area contributed by atoms with Gasteiger partial charge >= 0.3 is 0 Å². The van der Waals surface area contributed by atoms with Crippen LogP contribution in [-0.2, 0) is 4.79 Å². The smallest absolute Gasteiger partial charge is 0.262 e. The Hall–Kier alpha value is -3.33. The number of carbonyl (C=O) groups excluding carboxylic acids is 1. The highest BCUT2D eigenvalue weighted by Crippen LogP contribution is 2.35. The largest absolute Gasteiger partial charge is 0.496 e. The number of carbonyl (C=O) groups is 1. The average molecular weight is 405 g/mol. The topological polar surface area (TPSA) is 80.9 Å². The van der Waals surface area contributed by atoms with E-state index < -0.39 is 11.7 Å². The molecule has 9 heteroatoms. The number of halogens is 1. The predicted molar refractivity (Wildman–Crippen MR) is 109 cm³/mol. The van der Waals surface area contributed by atoms with Crippen LogP contribution in [0.15, 0.2) is 42.5 Å². The van der Waals surface area contributed by atoms with E-state index in [0.29, 0.717) is 22.8 Å². The summed E-state index contributed by atoms with van der Waals surface area (Å²) in [7, 11) is 4.54. The van der Waals surface area contributed by atoms with E-state index in [0.717, 1.165) is 0 Å². The molecule has 0 bridgehead atoms. The molecule has 0 fully saturated rings. The van der Waals surface area contributed by atoms with Crippen molar-refractivity contribution in [3.63, 3.8) is 0 Å². The zero-order valence-electron chi connectivity index (χ0n) is 15.5. The molecule has 7 nitrogen and oxygen atoms in total. The number of amides is 1. The Kier molecular flexibility index (Phi) is 7.58. The second-order valence-corrected chi connectivity index (χ2v) is 5.74. The van der Waals surface area contributed by atoms with Gasteiger partial charge in [0.1, 0.15) is 11.6 Å². The van der Waals surface area contributed by atoms with Crippen molar-refractivity contribution < 1.29 is 23.4 Å². The van der Waals surface area contributed by atoms with E-state index in [1.165, 1.54) is 39.5 Å². The molecule has 0 radical (unpaired) electrons. The zero-order valence-corrected chi connectivity index (χ0v) is 16.4. The van der Waals surface area contributed by atoms with E-state index in [4.69, 9.17) is 26.4 Å². The molecular weight excluding hydrogens is 385 g/mol. The maximum atomic E-state index is 13.6. The fourth-order valence-corrected chi connectivity index (χ4v) is 2.39. The molecule has 0 unspecified atom stereocenters. The summed E-state index contributed by atoms with van der Waals surface area (Å²) >= 11 is 5.01. The molecule has 0 aromatic heterocycles. The SMILES string of the molecule is COc1cc(OC)c(OC)cc1/C=C/C(=O)NNC(=S)Nc1ccccc1F. The van der Waals surface area contributed by atoms with Crippen molar-refractivity contribution in [2.75, 3.05) is 26.6 Å². The van der Waals surface area contributed by atoms with Crippen molar-refractivity contribution >= 4 is 35.0 Å². The number of hydrazine groups is 1. The molecule has 0 aliphatic heterocycles. The Morgan fingerprint density at radius 1 is 1.00 bits per heavy atom. The first-order valence-electron chi connectivity index (χ1n) is 8.08. The average Bonchev–Trinajstić information content (AvgIpc) is 2.71. The highest BCUT2D eigenvalue weighted by molar-refractivity contribution is 7.80. The van der Waals surface area contributed by atoms with E-state index in [1.54, 1.807) is 30.3 Å². The third-order valence-electron chi connectivity index (χ3n) is 3.57. The molecule has 148 valence electrons. The van der Waals surface area contributed by atoms with Crippen LogP contribution in [0.5, 0.6) is 17.2 Å². The zero-order chi connectivity index (χ0) is 20.5.